The Morgan fingerprint density at radius 2 is 1.74 bits per heavy atom. The lowest BCUT2D eigenvalue weighted by atomic mass is 10.1. The van der Waals surface area contributed by atoms with Crippen LogP contribution in [0.15, 0.2) is 58.3 Å². The molecule has 0 saturated heterocycles. The average molecular weight is 409 g/mol. The molecule has 0 aromatic heterocycles. The highest BCUT2D eigenvalue weighted by Crippen LogP contribution is 2.15. The van der Waals surface area contributed by atoms with E-state index in [1.807, 2.05) is 20.2 Å². The number of hydrogen-bond acceptors (Lipinski definition) is 4. The van der Waals surface area contributed by atoms with Crippen LogP contribution in [0.3, 0.4) is 0 Å². The van der Waals surface area contributed by atoms with Gasteiger partial charge in [0.15, 0.2) is 6.54 Å². The quantitative estimate of drug-likeness (QED) is 0.567. The molecule has 0 aliphatic heterocycles. The summed E-state index contributed by atoms with van der Waals surface area (Å²) in [5.74, 6) is -0.0590. The SMILES string of the molecule is CSc1ccc(C[NH+](C)CC(=O)N[C@@H](C)c2ccc(S(N)(=O)=O)cc2)cc1. The number of carbonyl (C=O) groups is 1. The van der Waals surface area contributed by atoms with Gasteiger partial charge in [-0.2, -0.15) is 0 Å². The summed E-state index contributed by atoms with van der Waals surface area (Å²) in [6, 6.07) is 14.3. The molecule has 0 radical (unpaired) electrons. The number of amides is 1. The summed E-state index contributed by atoms with van der Waals surface area (Å²) in [4.78, 5) is 14.7. The Morgan fingerprint density at radius 1 is 1.15 bits per heavy atom. The zero-order valence-electron chi connectivity index (χ0n) is 15.7. The minimum atomic E-state index is -3.71. The molecule has 2 aromatic carbocycles. The normalized spacial score (nSPS) is 13.8. The molecule has 0 heterocycles. The number of nitrogens with one attached hydrogen (secondary N) is 2. The molecule has 0 aliphatic carbocycles. The molecular formula is C19H26N3O3S2+. The van der Waals surface area contributed by atoms with Crippen molar-refractivity contribution in [1.29, 1.82) is 0 Å². The van der Waals surface area contributed by atoms with E-state index in [9.17, 15) is 13.2 Å². The smallest absolute Gasteiger partial charge is 0.275 e. The second kappa shape index (κ2) is 9.36. The van der Waals surface area contributed by atoms with E-state index in [1.54, 1.807) is 23.9 Å². The van der Waals surface area contributed by atoms with Gasteiger partial charge in [-0.3, -0.25) is 4.79 Å². The van der Waals surface area contributed by atoms with Crippen molar-refractivity contribution in [2.24, 2.45) is 5.14 Å². The van der Waals surface area contributed by atoms with Crippen molar-refractivity contribution in [3.8, 4) is 0 Å². The van der Waals surface area contributed by atoms with E-state index in [4.69, 9.17) is 5.14 Å². The van der Waals surface area contributed by atoms with E-state index in [0.29, 0.717) is 6.54 Å². The van der Waals surface area contributed by atoms with Gasteiger partial charge in [-0.25, -0.2) is 13.6 Å². The van der Waals surface area contributed by atoms with Crippen LogP contribution < -0.4 is 15.4 Å². The molecule has 2 atom stereocenters. The molecule has 2 aromatic rings. The predicted molar refractivity (Wildman–Crippen MR) is 108 cm³/mol. The summed E-state index contributed by atoms with van der Waals surface area (Å²) in [6.45, 7) is 2.98. The van der Waals surface area contributed by atoms with Crippen LogP contribution in [0, 0.1) is 0 Å². The fourth-order valence-corrected chi connectivity index (χ4v) is 3.67. The van der Waals surface area contributed by atoms with Crippen LogP contribution in [0.1, 0.15) is 24.1 Å². The average Bonchev–Trinajstić information content (AvgIpc) is 2.61. The number of rotatable bonds is 8. The Bertz CT molecular complexity index is 866. The first-order valence-corrected chi connectivity index (χ1v) is 11.3. The molecule has 0 saturated carbocycles. The Morgan fingerprint density at radius 3 is 2.26 bits per heavy atom. The summed E-state index contributed by atoms with van der Waals surface area (Å²) in [5, 5.41) is 8.04. The van der Waals surface area contributed by atoms with Crippen molar-refractivity contribution < 1.29 is 18.1 Å². The third-order valence-corrected chi connectivity index (χ3v) is 5.89. The van der Waals surface area contributed by atoms with Crippen LogP contribution >= 0.6 is 11.8 Å². The molecule has 2 rings (SSSR count). The molecule has 8 heteroatoms. The number of quaternary nitrogens is 1. The fraction of sp³-hybridized carbons (Fsp3) is 0.316. The first kappa shape index (κ1) is 21.4. The lowest BCUT2D eigenvalue weighted by molar-refractivity contribution is -0.885. The molecule has 1 amide bonds. The zero-order valence-corrected chi connectivity index (χ0v) is 17.4. The van der Waals surface area contributed by atoms with Crippen molar-refractivity contribution in [2.45, 2.75) is 29.3 Å². The minimum absolute atomic E-state index is 0.0569. The third-order valence-electron chi connectivity index (χ3n) is 4.21. The van der Waals surface area contributed by atoms with Gasteiger partial charge in [0.25, 0.3) is 5.91 Å². The van der Waals surface area contributed by atoms with Gasteiger partial charge in [0.1, 0.15) is 6.54 Å². The van der Waals surface area contributed by atoms with E-state index < -0.39 is 10.0 Å². The van der Waals surface area contributed by atoms with Gasteiger partial charge in [0.05, 0.1) is 18.0 Å². The lowest BCUT2D eigenvalue weighted by Gasteiger charge is -2.18. The van der Waals surface area contributed by atoms with Crippen molar-refractivity contribution in [3.05, 3.63) is 59.7 Å². The number of hydrogen-bond donors (Lipinski definition) is 3. The molecule has 0 fully saturated rings. The number of nitrogens with two attached hydrogens (primary N) is 1. The fourth-order valence-electron chi connectivity index (χ4n) is 2.75. The second-order valence-electron chi connectivity index (χ2n) is 6.56. The van der Waals surface area contributed by atoms with Gasteiger partial charge in [0.2, 0.25) is 10.0 Å². The standard InChI is InChI=1S/C19H25N3O3S2/c1-14(16-6-10-18(11-7-16)27(20,24)25)21-19(23)13-22(2)12-15-4-8-17(26-3)9-5-15/h4-11,14H,12-13H2,1-3H3,(H,21,23)(H2,20,24,25)/p+1/t14-/m0/s1. The maximum atomic E-state index is 12.3. The van der Waals surface area contributed by atoms with Gasteiger partial charge < -0.3 is 10.2 Å². The van der Waals surface area contributed by atoms with E-state index in [-0.39, 0.29) is 16.8 Å². The van der Waals surface area contributed by atoms with Crippen LogP contribution in [-0.4, -0.2) is 34.2 Å². The van der Waals surface area contributed by atoms with E-state index in [2.05, 4.69) is 29.6 Å². The summed E-state index contributed by atoms with van der Waals surface area (Å²) < 4.78 is 22.6. The summed E-state index contributed by atoms with van der Waals surface area (Å²) in [6.07, 6.45) is 2.04. The topological polar surface area (TPSA) is 93.7 Å². The number of thioether (sulfide) groups is 1. The summed E-state index contributed by atoms with van der Waals surface area (Å²) >= 11 is 1.70. The molecule has 0 spiro atoms. The Kier molecular flexibility index (Phi) is 7.43. The first-order chi connectivity index (χ1) is 12.7. The van der Waals surface area contributed by atoms with Crippen molar-refractivity contribution >= 4 is 27.7 Å². The molecule has 27 heavy (non-hydrogen) atoms. The Balaban J connectivity index is 1.88. The Labute approximate surface area is 165 Å². The van der Waals surface area contributed by atoms with Gasteiger partial charge >= 0.3 is 0 Å². The zero-order chi connectivity index (χ0) is 20.0. The van der Waals surface area contributed by atoms with E-state index in [0.717, 1.165) is 17.0 Å². The summed E-state index contributed by atoms with van der Waals surface area (Å²) in [5.41, 5.74) is 2.01. The number of benzene rings is 2. The maximum Gasteiger partial charge on any atom is 0.275 e. The highest BCUT2D eigenvalue weighted by molar-refractivity contribution is 7.98. The molecule has 1 unspecified atom stereocenters. The first-order valence-electron chi connectivity index (χ1n) is 8.55. The van der Waals surface area contributed by atoms with E-state index in [1.165, 1.54) is 22.6 Å². The van der Waals surface area contributed by atoms with Crippen LogP contribution in [0.25, 0.3) is 0 Å². The van der Waals surface area contributed by atoms with Gasteiger partial charge in [-0.15, -0.1) is 11.8 Å². The minimum Gasteiger partial charge on any atom is -0.345 e. The van der Waals surface area contributed by atoms with Gasteiger partial charge in [-0.05, 0) is 43.0 Å². The molecule has 146 valence electrons. The highest BCUT2D eigenvalue weighted by Gasteiger charge is 2.15. The third kappa shape index (κ3) is 6.66. The van der Waals surface area contributed by atoms with Crippen LogP contribution in [-0.2, 0) is 21.4 Å². The second-order valence-corrected chi connectivity index (χ2v) is 9.00. The molecule has 0 bridgehead atoms. The number of sulfonamides is 1. The van der Waals surface area contributed by atoms with Crippen LogP contribution in [0.4, 0.5) is 0 Å². The number of primary sulfonamides is 1. The largest absolute Gasteiger partial charge is 0.345 e. The maximum absolute atomic E-state index is 12.3. The predicted octanol–water partition coefficient (Wildman–Crippen LogP) is 0.948. The monoisotopic (exact) mass is 408 g/mol. The van der Waals surface area contributed by atoms with Crippen LogP contribution in [0.2, 0.25) is 0 Å². The molecule has 4 N–H and O–H groups in total. The van der Waals surface area contributed by atoms with E-state index >= 15 is 0 Å². The summed E-state index contributed by atoms with van der Waals surface area (Å²) in [7, 11) is -1.73. The highest BCUT2D eigenvalue weighted by atomic mass is 32.2. The van der Waals surface area contributed by atoms with Crippen molar-refractivity contribution in [2.75, 3.05) is 19.8 Å². The lowest BCUT2D eigenvalue weighted by Crippen LogP contribution is -3.08. The van der Waals surface area contributed by atoms with Crippen molar-refractivity contribution in [1.82, 2.24) is 5.32 Å². The van der Waals surface area contributed by atoms with Gasteiger partial charge in [-0.1, -0.05) is 24.3 Å². The molecule has 6 nitrogen and oxygen atoms in total. The van der Waals surface area contributed by atoms with Crippen molar-refractivity contribution in [3.63, 3.8) is 0 Å². The molecular weight excluding hydrogens is 382 g/mol. The molecule has 0 aliphatic rings. The Hall–Kier alpha value is -1.87. The number of likely N-dealkylation sites (N-methyl/N-ethyl adjacent to an activating group) is 1. The number of carbonyl (C=O) groups excluding carboxylic acids is 1. The van der Waals surface area contributed by atoms with Crippen LogP contribution in [0.5, 0.6) is 0 Å². The van der Waals surface area contributed by atoms with Gasteiger partial charge in [0, 0.05) is 10.5 Å².